The van der Waals surface area contributed by atoms with Crippen LogP contribution in [0.4, 0.5) is 0 Å². The SMILES string of the molecule is CN=C(NCC(=O)N(C)C)NC1C2CCOC2C1(C)C. The quantitative estimate of drug-likeness (QED) is 0.567. The highest BCUT2D eigenvalue weighted by Gasteiger charge is 2.59. The van der Waals surface area contributed by atoms with Gasteiger partial charge in [-0.05, 0) is 6.42 Å². The van der Waals surface area contributed by atoms with Gasteiger partial charge in [0.2, 0.25) is 5.91 Å². The highest BCUT2D eigenvalue weighted by molar-refractivity contribution is 5.86. The van der Waals surface area contributed by atoms with Crippen LogP contribution in [-0.4, -0.2) is 63.2 Å². The van der Waals surface area contributed by atoms with E-state index < -0.39 is 0 Å². The van der Waals surface area contributed by atoms with Crippen molar-refractivity contribution in [3.8, 4) is 0 Å². The Morgan fingerprint density at radius 1 is 1.45 bits per heavy atom. The van der Waals surface area contributed by atoms with Gasteiger partial charge in [-0.2, -0.15) is 0 Å². The van der Waals surface area contributed by atoms with E-state index in [1.165, 1.54) is 0 Å². The fraction of sp³-hybridized carbons (Fsp3) is 0.857. The third kappa shape index (κ3) is 2.61. The first-order valence-electron chi connectivity index (χ1n) is 7.17. The van der Waals surface area contributed by atoms with Crippen LogP contribution in [0.2, 0.25) is 0 Å². The standard InChI is InChI=1S/C14H26N4O2/c1-14(2)11(9-6-7-20-12(9)14)17-13(15-3)16-8-10(19)18(4)5/h9,11-12H,6-8H2,1-5H3,(H2,15,16,17). The first-order valence-corrected chi connectivity index (χ1v) is 7.17. The number of nitrogens with zero attached hydrogens (tertiary/aromatic N) is 2. The highest BCUT2D eigenvalue weighted by atomic mass is 16.5. The molecule has 0 bridgehead atoms. The Morgan fingerprint density at radius 3 is 2.75 bits per heavy atom. The summed E-state index contributed by atoms with van der Waals surface area (Å²) in [5.41, 5.74) is 0.102. The summed E-state index contributed by atoms with van der Waals surface area (Å²) in [6.45, 7) is 5.54. The maximum atomic E-state index is 11.6. The number of amides is 1. The molecule has 2 aliphatic rings. The van der Waals surface area contributed by atoms with Crippen LogP contribution >= 0.6 is 0 Å². The van der Waals surface area contributed by atoms with Crippen LogP contribution in [0.3, 0.4) is 0 Å². The lowest BCUT2D eigenvalue weighted by Crippen LogP contribution is -2.68. The van der Waals surface area contributed by atoms with Gasteiger partial charge in [-0.3, -0.25) is 9.79 Å². The molecule has 0 radical (unpaired) electrons. The number of carbonyl (C=O) groups is 1. The Bertz CT molecular complexity index is 406. The summed E-state index contributed by atoms with van der Waals surface area (Å²) < 4.78 is 5.78. The molecule has 1 aliphatic carbocycles. The summed E-state index contributed by atoms with van der Waals surface area (Å²) in [4.78, 5) is 17.4. The summed E-state index contributed by atoms with van der Waals surface area (Å²) in [5, 5.41) is 6.52. The van der Waals surface area contributed by atoms with Crippen molar-refractivity contribution in [3.05, 3.63) is 0 Å². The molecule has 2 rings (SSSR count). The second-order valence-electron chi connectivity index (χ2n) is 6.40. The normalized spacial score (nSPS) is 31.2. The third-order valence-corrected chi connectivity index (χ3v) is 4.52. The summed E-state index contributed by atoms with van der Waals surface area (Å²) >= 11 is 0. The van der Waals surface area contributed by atoms with Crippen molar-refractivity contribution in [1.82, 2.24) is 15.5 Å². The number of aliphatic imine (C=N–C) groups is 1. The van der Waals surface area contributed by atoms with Crippen molar-refractivity contribution >= 4 is 11.9 Å². The zero-order chi connectivity index (χ0) is 14.9. The molecule has 114 valence electrons. The van der Waals surface area contributed by atoms with E-state index in [4.69, 9.17) is 4.74 Å². The zero-order valence-corrected chi connectivity index (χ0v) is 13.1. The molecule has 3 unspecified atom stereocenters. The molecule has 1 aliphatic heterocycles. The molecular formula is C14H26N4O2. The molecule has 0 aromatic carbocycles. The Kier molecular flexibility index (Phi) is 4.22. The Morgan fingerprint density at radius 2 is 2.15 bits per heavy atom. The lowest BCUT2D eigenvalue weighted by atomic mass is 9.57. The first-order chi connectivity index (χ1) is 9.37. The van der Waals surface area contributed by atoms with Gasteiger partial charge in [0.05, 0.1) is 12.6 Å². The molecular weight excluding hydrogens is 256 g/mol. The molecule has 1 amide bonds. The molecule has 1 heterocycles. The molecule has 1 saturated heterocycles. The zero-order valence-electron chi connectivity index (χ0n) is 13.1. The van der Waals surface area contributed by atoms with Crippen LogP contribution in [0.15, 0.2) is 4.99 Å². The Labute approximate surface area is 121 Å². The van der Waals surface area contributed by atoms with E-state index in [1.54, 1.807) is 26.0 Å². The van der Waals surface area contributed by atoms with Gasteiger partial charge in [0.1, 0.15) is 0 Å². The molecule has 1 saturated carbocycles. The van der Waals surface area contributed by atoms with Crippen molar-refractivity contribution in [1.29, 1.82) is 0 Å². The van der Waals surface area contributed by atoms with Crippen LogP contribution < -0.4 is 10.6 Å². The number of nitrogens with one attached hydrogen (secondary N) is 2. The molecule has 0 aromatic heterocycles. The van der Waals surface area contributed by atoms with Crippen LogP contribution in [0.5, 0.6) is 0 Å². The van der Waals surface area contributed by atoms with Crippen molar-refractivity contribution < 1.29 is 9.53 Å². The molecule has 0 aromatic rings. The van der Waals surface area contributed by atoms with Gasteiger partial charge in [0, 0.05) is 45.1 Å². The van der Waals surface area contributed by atoms with Gasteiger partial charge in [-0.1, -0.05) is 13.8 Å². The van der Waals surface area contributed by atoms with E-state index >= 15 is 0 Å². The monoisotopic (exact) mass is 282 g/mol. The number of ether oxygens (including phenoxy) is 1. The van der Waals surface area contributed by atoms with Crippen molar-refractivity contribution in [3.63, 3.8) is 0 Å². The Balaban J connectivity index is 1.89. The largest absolute Gasteiger partial charge is 0.377 e. The van der Waals surface area contributed by atoms with E-state index in [-0.39, 0.29) is 17.9 Å². The van der Waals surface area contributed by atoms with Gasteiger partial charge in [0.15, 0.2) is 5.96 Å². The van der Waals surface area contributed by atoms with Crippen LogP contribution in [-0.2, 0) is 9.53 Å². The second-order valence-corrected chi connectivity index (χ2v) is 6.40. The number of rotatable bonds is 3. The van der Waals surface area contributed by atoms with Crippen LogP contribution in [0, 0.1) is 11.3 Å². The van der Waals surface area contributed by atoms with Crippen molar-refractivity contribution in [2.75, 3.05) is 34.3 Å². The predicted molar refractivity (Wildman–Crippen MR) is 78.6 cm³/mol. The first kappa shape index (κ1) is 15.1. The van der Waals surface area contributed by atoms with Crippen LogP contribution in [0.25, 0.3) is 0 Å². The number of carbonyl (C=O) groups excluding carboxylic acids is 1. The molecule has 20 heavy (non-hydrogen) atoms. The summed E-state index contributed by atoms with van der Waals surface area (Å²) in [6.07, 6.45) is 1.45. The summed E-state index contributed by atoms with van der Waals surface area (Å²) in [6, 6.07) is 0.343. The lowest BCUT2D eigenvalue weighted by Gasteiger charge is -2.54. The van der Waals surface area contributed by atoms with Gasteiger partial charge in [-0.25, -0.2) is 0 Å². The van der Waals surface area contributed by atoms with Gasteiger partial charge < -0.3 is 20.3 Å². The van der Waals surface area contributed by atoms with E-state index in [1.807, 2.05) is 0 Å². The lowest BCUT2D eigenvalue weighted by molar-refractivity contribution is -0.127. The van der Waals surface area contributed by atoms with E-state index in [0.29, 0.717) is 24.0 Å². The average Bonchev–Trinajstić information content (AvgIpc) is 2.85. The minimum Gasteiger partial charge on any atom is -0.377 e. The van der Waals surface area contributed by atoms with Crippen molar-refractivity contribution in [2.45, 2.75) is 32.4 Å². The molecule has 2 fully saturated rings. The number of guanidine groups is 1. The average molecular weight is 282 g/mol. The molecule has 0 spiro atoms. The maximum Gasteiger partial charge on any atom is 0.241 e. The van der Waals surface area contributed by atoms with Crippen molar-refractivity contribution in [2.24, 2.45) is 16.3 Å². The number of hydrogen-bond donors (Lipinski definition) is 2. The smallest absolute Gasteiger partial charge is 0.241 e. The number of hydrogen-bond acceptors (Lipinski definition) is 3. The topological polar surface area (TPSA) is 66.0 Å². The minimum atomic E-state index is 0.0305. The summed E-state index contributed by atoms with van der Waals surface area (Å²) in [7, 11) is 5.22. The fourth-order valence-corrected chi connectivity index (χ4v) is 3.28. The molecule has 3 atom stereocenters. The highest BCUT2D eigenvalue weighted by Crippen LogP contribution is 2.51. The van der Waals surface area contributed by atoms with Gasteiger partial charge >= 0.3 is 0 Å². The number of fused-ring (bicyclic) bond motifs is 1. The number of likely N-dealkylation sites (N-methyl/N-ethyl adjacent to an activating group) is 1. The van der Waals surface area contributed by atoms with E-state index in [0.717, 1.165) is 13.0 Å². The molecule has 2 N–H and O–H groups in total. The fourth-order valence-electron chi connectivity index (χ4n) is 3.28. The minimum absolute atomic E-state index is 0.0305. The maximum absolute atomic E-state index is 11.6. The second kappa shape index (κ2) is 5.60. The van der Waals surface area contributed by atoms with Crippen LogP contribution in [0.1, 0.15) is 20.3 Å². The van der Waals surface area contributed by atoms with E-state index in [2.05, 4.69) is 29.5 Å². The summed E-state index contributed by atoms with van der Waals surface area (Å²) in [5.74, 6) is 1.26. The third-order valence-electron chi connectivity index (χ3n) is 4.52. The van der Waals surface area contributed by atoms with Gasteiger partial charge in [-0.15, -0.1) is 0 Å². The van der Waals surface area contributed by atoms with E-state index in [9.17, 15) is 4.79 Å². The Hall–Kier alpha value is -1.30. The molecule has 6 heteroatoms. The van der Waals surface area contributed by atoms with Gasteiger partial charge in [0.25, 0.3) is 0 Å². The predicted octanol–water partition coefficient (Wildman–Crippen LogP) is 0.0531. The molecule has 6 nitrogen and oxygen atoms in total.